The average Bonchev–Trinajstić information content (AvgIpc) is 2.77. The maximum Gasteiger partial charge on any atom is 0.118 e. The number of hydrogen-bond acceptors (Lipinski definition) is 3. The number of nitrogens with one attached hydrogen (secondary N) is 1. The molecule has 0 atom stereocenters. The Labute approximate surface area is 174 Å². The summed E-state index contributed by atoms with van der Waals surface area (Å²) in [5.74, 6) is 2.03. The molecular weight excluding hydrogens is 358 g/mol. The molecule has 0 amide bonds. The van der Waals surface area contributed by atoms with Crippen molar-refractivity contribution in [1.82, 2.24) is 5.32 Å². The van der Waals surface area contributed by atoms with E-state index in [2.05, 4.69) is 73.8 Å². The van der Waals surface area contributed by atoms with Gasteiger partial charge in [-0.3, -0.25) is 0 Å². The number of hydrogen-bond donors (Lipinski definition) is 1. The molecule has 29 heavy (non-hydrogen) atoms. The van der Waals surface area contributed by atoms with E-state index in [-0.39, 0.29) is 11.5 Å². The van der Waals surface area contributed by atoms with Gasteiger partial charge in [0.25, 0.3) is 0 Å². The van der Waals surface area contributed by atoms with E-state index in [9.17, 15) is 0 Å². The first-order chi connectivity index (χ1) is 14.0. The molecule has 0 aromatic heterocycles. The fourth-order valence-corrected chi connectivity index (χ4v) is 3.62. The van der Waals surface area contributed by atoms with Gasteiger partial charge in [0.1, 0.15) is 11.5 Å². The molecule has 3 aromatic rings. The summed E-state index contributed by atoms with van der Waals surface area (Å²) in [6, 6.07) is 27.4. The minimum atomic E-state index is -0.0413. The summed E-state index contributed by atoms with van der Waals surface area (Å²) in [4.78, 5) is 0. The Kier molecular flexibility index (Phi) is 6.95. The third-order valence-corrected chi connectivity index (χ3v) is 5.36. The minimum Gasteiger partial charge on any atom is -0.497 e. The largest absolute Gasteiger partial charge is 0.497 e. The lowest BCUT2D eigenvalue weighted by Gasteiger charge is -2.32. The topological polar surface area (TPSA) is 30.5 Å². The van der Waals surface area contributed by atoms with E-state index >= 15 is 0 Å². The van der Waals surface area contributed by atoms with Crippen LogP contribution in [-0.4, -0.2) is 19.8 Å². The first-order valence-electron chi connectivity index (χ1n) is 10.1. The zero-order chi connectivity index (χ0) is 20.7. The molecule has 3 rings (SSSR count). The molecule has 0 saturated carbocycles. The molecule has 3 aromatic carbocycles. The molecule has 0 spiro atoms. The van der Waals surface area contributed by atoms with Crippen LogP contribution in [0, 0.1) is 0 Å². The van der Waals surface area contributed by atoms with Gasteiger partial charge in [-0.2, -0.15) is 0 Å². The van der Waals surface area contributed by atoms with Crippen LogP contribution >= 0.6 is 0 Å². The van der Waals surface area contributed by atoms with Crippen molar-refractivity contribution >= 4 is 0 Å². The van der Waals surface area contributed by atoms with Crippen LogP contribution in [0.15, 0.2) is 78.9 Å². The molecule has 3 heteroatoms. The maximum absolute atomic E-state index is 5.34. The van der Waals surface area contributed by atoms with Gasteiger partial charge < -0.3 is 14.8 Å². The Balaban J connectivity index is 1.82. The first kappa shape index (κ1) is 20.9. The van der Waals surface area contributed by atoms with E-state index in [1.165, 1.54) is 16.7 Å². The number of rotatable bonds is 9. The molecule has 0 bridgehead atoms. The quantitative estimate of drug-likeness (QED) is 0.502. The maximum atomic E-state index is 5.34. The van der Waals surface area contributed by atoms with Gasteiger partial charge in [0.15, 0.2) is 0 Å². The molecule has 1 N–H and O–H groups in total. The summed E-state index contributed by atoms with van der Waals surface area (Å²) in [6.45, 7) is 5.40. The number of ether oxygens (including phenoxy) is 2. The van der Waals surface area contributed by atoms with Gasteiger partial charge in [-0.1, -0.05) is 54.6 Å². The molecule has 0 aliphatic heterocycles. The second kappa shape index (κ2) is 9.62. The predicted octanol–water partition coefficient (Wildman–Crippen LogP) is 5.79. The van der Waals surface area contributed by atoms with Crippen LogP contribution in [0.3, 0.4) is 0 Å². The highest BCUT2D eigenvalue weighted by Crippen LogP contribution is 2.34. The predicted molar refractivity (Wildman–Crippen MR) is 120 cm³/mol. The van der Waals surface area contributed by atoms with Crippen LogP contribution in [0.5, 0.6) is 11.5 Å². The van der Waals surface area contributed by atoms with Gasteiger partial charge in [0.05, 0.1) is 14.2 Å². The molecule has 0 radical (unpaired) electrons. The minimum absolute atomic E-state index is 0.0413. The fourth-order valence-electron chi connectivity index (χ4n) is 3.62. The Bertz CT molecular complexity index is 823. The Morgan fingerprint density at radius 3 is 1.66 bits per heavy atom. The molecule has 152 valence electrons. The first-order valence-corrected chi connectivity index (χ1v) is 10.1. The van der Waals surface area contributed by atoms with E-state index in [1.807, 2.05) is 24.3 Å². The highest BCUT2D eigenvalue weighted by molar-refractivity contribution is 5.38. The van der Waals surface area contributed by atoms with E-state index in [0.29, 0.717) is 0 Å². The lowest BCUT2D eigenvalue weighted by molar-refractivity contribution is 0.344. The summed E-state index contributed by atoms with van der Waals surface area (Å²) in [5.41, 5.74) is 3.82. The number of benzene rings is 3. The van der Waals surface area contributed by atoms with Gasteiger partial charge in [-0.05, 0) is 61.2 Å². The summed E-state index contributed by atoms with van der Waals surface area (Å²) in [5, 5.41) is 3.74. The summed E-state index contributed by atoms with van der Waals surface area (Å²) >= 11 is 0. The van der Waals surface area contributed by atoms with Gasteiger partial charge in [-0.15, -0.1) is 0 Å². The second-order valence-electron chi connectivity index (χ2n) is 8.03. The SMILES string of the molecule is COc1ccc(C(CC(C)(C)NCc2ccccc2)c2ccc(OC)cc2)cc1. The van der Waals surface area contributed by atoms with Crippen molar-refractivity contribution in [2.45, 2.75) is 38.3 Å². The molecule has 0 aliphatic carbocycles. The molecule has 0 heterocycles. The lowest BCUT2D eigenvalue weighted by Crippen LogP contribution is -2.40. The van der Waals surface area contributed by atoms with Crippen LogP contribution in [0.4, 0.5) is 0 Å². The summed E-state index contributed by atoms with van der Waals surface area (Å²) in [6.07, 6.45) is 0.971. The normalized spacial score (nSPS) is 11.5. The highest BCUT2D eigenvalue weighted by Gasteiger charge is 2.25. The van der Waals surface area contributed by atoms with Crippen LogP contribution in [0.2, 0.25) is 0 Å². The zero-order valence-corrected chi connectivity index (χ0v) is 17.8. The number of methoxy groups -OCH3 is 2. The third-order valence-electron chi connectivity index (χ3n) is 5.36. The summed E-state index contributed by atoms with van der Waals surface area (Å²) in [7, 11) is 3.40. The van der Waals surface area contributed by atoms with E-state index in [0.717, 1.165) is 24.5 Å². The molecule has 3 nitrogen and oxygen atoms in total. The van der Waals surface area contributed by atoms with Crippen molar-refractivity contribution in [2.24, 2.45) is 0 Å². The van der Waals surface area contributed by atoms with Crippen molar-refractivity contribution < 1.29 is 9.47 Å². The van der Waals surface area contributed by atoms with Crippen molar-refractivity contribution in [3.05, 3.63) is 95.6 Å². The van der Waals surface area contributed by atoms with Crippen molar-refractivity contribution in [2.75, 3.05) is 14.2 Å². The van der Waals surface area contributed by atoms with Gasteiger partial charge in [0.2, 0.25) is 0 Å². The van der Waals surface area contributed by atoms with Crippen molar-refractivity contribution in [3.8, 4) is 11.5 Å². The molecule has 0 unspecified atom stereocenters. The smallest absolute Gasteiger partial charge is 0.118 e. The van der Waals surface area contributed by atoms with Crippen molar-refractivity contribution in [3.63, 3.8) is 0 Å². The van der Waals surface area contributed by atoms with Gasteiger partial charge in [-0.25, -0.2) is 0 Å². The highest BCUT2D eigenvalue weighted by atomic mass is 16.5. The molecule has 0 saturated heterocycles. The standard InChI is InChI=1S/C26H31NO2/c1-26(2,27-19-20-8-6-5-7-9-20)18-25(21-10-14-23(28-3)15-11-21)22-12-16-24(29-4)17-13-22/h5-17,25,27H,18-19H2,1-4H3. The second-order valence-corrected chi connectivity index (χ2v) is 8.03. The monoisotopic (exact) mass is 389 g/mol. The molecule has 0 aliphatic rings. The Hall–Kier alpha value is -2.78. The summed E-state index contributed by atoms with van der Waals surface area (Å²) < 4.78 is 10.7. The van der Waals surface area contributed by atoms with E-state index in [4.69, 9.17) is 9.47 Å². The lowest BCUT2D eigenvalue weighted by atomic mass is 9.81. The van der Waals surface area contributed by atoms with E-state index in [1.54, 1.807) is 14.2 Å². The third kappa shape index (κ3) is 5.85. The van der Waals surface area contributed by atoms with Crippen LogP contribution in [0.1, 0.15) is 42.9 Å². The van der Waals surface area contributed by atoms with Crippen molar-refractivity contribution in [1.29, 1.82) is 0 Å². The van der Waals surface area contributed by atoms with Gasteiger partial charge in [0, 0.05) is 18.0 Å². The average molecular weight is 390 g/mol. The van der Waals surface area contributed by atoms with Crippen LogP contribution in [-0.2, 0) is 6.54 Å². The van der Waals surface area contributed by atoms with Crippen LogP contribution in [0.25, 0.3) is 0 Å². The zero-order valence-electron chi connectivity index (χ0n) is 17.8. The Morgan fingerprint density at radius 1 is 0.724 bits per heavy atom. The van der Waals surface area contributed by atoms with E-state index < -0.39 is 0 Å². The molecular formula is C26H31NO2. The fraction of sp³-hybridized carbons (Fsp3) is 0.308. The van der Waals surface area contributed by atoms with Crippen LogP contribution < -0.4 is 14.8 Å². The Morgan fingerprint density at radius 2 is 1.21 bits per heavy atom. The molecule has 0 fully saturated rings. The van der Waals surface area contributed by atoms with Gasteiger partial charge >= 0.3 is 0 Å².